The second-order valence-corrected chi connectivity index (χ2v) is 6.86. The Morgan fingerprint density at radius 3 is 2.56 bits per heavy atom. The summed E-state index contributed by atoms with van der Waals surface area (Å²) in [5, 5.41) is 8.49. The van der Waals surface area contributed by atoms with Crippen molar-refractivity contribution in [3.63, 3.8) is 0 Å². The first-order valence-electron chi connectivity index (χ1n) is 8.61. The standard InChI is InChI=1S/C20H24N4O/c1-13(2)11-22-18(25)12-24-20-19(15(4)23-24)17(9-10-21-20)16-7-5-14(3)6-8-16/h5-10,13H,11-12H2,1-4H3,(H,22,25). The molecule has 1 aromatic carbocycles. The summed E-state index contributed by atoms with van der Waals surface area (Å²) in [6.07, 6.45) is 1.78. The van der Waals surface area contributed by atoms with Gasteiger partial charge in [0.15, 0.2) is 5.65 Å². The fraction of sp³-hybridized carbons (Fsp3) is 0.350. The molecule has 0 unspecified atom stereocenters. The lowest BCUT2D eigenvalue weighted by molar-refractivity contribution is -0.121. The minimum absolute atomic E-state index is 0.0411. The Kier molecular flexibility index (Phi) is 4.83. The summed E-state index contributed by atoms with van der Waals surface area (Å²) in [5.41, 5.74) is 5.08. The van der Waals surface area contributed by atoms with Gasteiger partial charge in [-0.1, -0.05) is 43.7 Å². The number of nitrogens with zero attached hydrogens (tertiary/aromatic N) is 3. The summed E-state index contributed by atoms with van der Waals surface area (Å²) in [6.45, 7) is 9.03. The molecule has 2 heterocycles. The number of nitrogens with one attached hydrogen (secondary N) is 1. The quantitative estimate of drug-likeness (QED) is 0.776. The first kappa shape index (κ1) is 17.1. The van der Waals surface area contributed by atoms with Gasteiger partial charge in [0.25, 0.3) is 0 Å². The molecule has 1 N–H and O–H groups in total. The van der Waals surface area contributed by atoms with E-state index >= 15 is 0 Å². The van der Waals surface area contributed by atoms with Gasteiger partial charge in [0.2, 0.25) is 5.91 Å². The number of hydrogen-bond donors (Lipinski definition) is 1. The molecular weight excluding hydrogens is 312 g/mol. The van der Waals surface area contributed by atoms with Gasteiger partial charge in [-0.3, -0.25) is 4.79 Å². The average molecular weight is 336 g/mol. The van der Waals surface area contributed by atoms with Gasteiger partial charge < -0.3 is 5.32 Å². The number of aryl methyl sites for hydroxylation is 2. The summed E-state index contributed by atoms with van der Waals surface area (Å²) in [5.74, 6) is 0.381. The third-order valence-corrected chi connectivity index (χ3v) is 4.17. The lowest BCUT2D eigenvalue weighted by Crippen LogP contribution is -2.31. The van der Waals surface area contributed by atoms with Crippen LogP contribution < -0.4 is 5.32 Å². The molecule has 0 radical (unpaired) electrons. The number of aromatic nitrogens is 3. The molecule has 0 bridgehead atoms. The first-order chi connectivity index (χ1) is 12.0. The molecule has 130 valence electrons. The minimum Gasteiger partial charge on any atom is -0.354 e. The SMILES string of the molecule is Cc1ccc(-c2ccnc3c2c(C)nn3CC(=O)NCC(C)C)cc1. The molecule has 3 aromatic rings. The largest absolute Gasteiger partial charge is 0.354 e. The third kappa shape index (κ3) is 3.71. The van der Waals surface area contributed by atoms with Crippen molar-refractivity contribution in [3.8, 4) is 11.1 Å². The van der Waals surface area contributed by atoms with Crippen LogP contribution in [-0.4, -0.2) is 27.2 Å². The topological polar surface area (TPSA) is 59.8 Å². The molecular formula is C20H24N4O. The van der Waals surface area contributed by atoms with E-state index in [1.807, 2.05) is 13.0 Å². The summed E-state index contributed by atoms with van der Waals surface area (Å²) in [6, 6.07) is 10.4. The van der Waals surface area contributed by atoms with E-state index in [4.69, 9.17) is 0 Å². The van der Waals surface area contributed by atoms with Crippen molar-refractivity contribution in [3.05, 3.63) is 47.8 Å². The molecule has 5 heteroatoms. The molecule has 0 spiro atoms. The summed E-state index contributed by atoms with van der Waals surface area (Å²) in [7, 11) is 0. The van der Waals surface area contributed by atoms with E-state index in [0.29, 0.717) is 12.5 Å². The van der Waals surface area contributed by atoms with Crippen LogP contribution in [0.2, 0.25) is 0 Å². The summed E-state index contributed by atoms with van der Waals surface area (Å²) in [4.78, 5) is 16.6. The van der Waals surface area contributed by atoms with Crippen LogP contribution >= 0.6 is 0 Å². The van der Waals surface area contributed by atoms with Crippen LogP contribution in [0, 0.1) is 19.8 Å². The molecule has 1 amide bonds. The van der Waals surface area contributed by atoms with Crippen molar-refractivity contribution in [2.75, 3.05) is 6.54 Å². The predicted molar refractivity (Wildman–Crippen MR) is 100 cm³/mol. The molecule has 0 aliphatic carbocycles. The maximum Gasteiger partial charge on any atom is 0.241 e. The minimum atomic E-state index is -0.0411. The number of carbonyl (C=O) groups is 1. The molecule has 3 rings (SSSR count). The number of rotatable bonds is 5. The van der Waals surface area contributed by atoms with Crippen molar-refractivity contribution in [2.45, 2.75) is 34.2 Å². The zero-order chi connectivity index (χ0) is 18.0. The maximum atomic E-state index is 12.2. The van der Waals surface area contributed by atoms with Gasteiger partial charge >= 0.3 is 0 Å². The number of pyridine rings is 1. The Balaban J connectivity index is 1.97. The Labute approximate surface area is 148 Å². The highest BCUT2D eigenvalue weighted by atomic mass is 16.2. The molecule has 0 saturated heterocycles. The second kappa shape index (κ2) is 7.05. The molecule has 0 aliphatic rings. The zero-order valence-corrected chi connectivity index (χ0v) is 15.2. The second-order valence-electron chi connectivity index (χ2n) is 6.86. The maximum absolute atomic E-state index is 12.2. The van der Waals surface area contributed by atoms with Gasteiger partial charge in [-0.05, 0) is 37.0 Å². The van der Waals surface area contributed by atoms with Gasteiger partial charge in [0, 0.05) is 18.1 Å². The Morgan fingerprint density at radius 2 is 1.88 bits per heavy atom. The summed E-state index contributed by atoms with van der Waals surface area (Å²) < 4.78 is 1.69. The number of fused-ring (bicyclic) bond motifs is 1. The molecule has 5 nitrogen and oxygen atoms in total. The van der Waals surface area contributed by atoms with E-state index in [2.05, 4.69) is 60.4 Å². The van der Waals surface area contributed by atoms with Crippen LogP contribution in [0.4, 0.5) is 0 Å². The monoisotopic (exact) mass is 336 g/mol. The van der Waals surface area contributed by atoms with E-state index in [0.717, 1.165) is 27.9 Å². The van der Waals surface area contributed by atoms with Crippen LogP contribution in [0.25, 0.3) is 22.2 Å². The zero-order valence-electron chi connectivity index (χ0n) is 15.2. The number of hydrogen-bond acceptors (Lipinski definition) is 3. The van der Waals surface area contributed by atoms with Crippen molar-refractivity contribution < 1.29 is 4.79 Å². The average Bonchev–Trinajstić information content (AvgIpc) is 2.90. The number of amides is 1. The van der Waals surface area contributed by atoms with Gasteiger partial charge in [-0.2, -0.15) is 5.10 Å². The molecule has 0 aliphatic heterocycles. The molecule has 0 atom stereocenters. The van der Waals surface area contributed by atoms with Gasteiger partial charge in [-0.15, -0.1) is 0 Å². The number of carbonyl (C=O) groups excluding carboxylic acids is 1. The van der Waals surface area contributed by atoms with E-state index in [9.17, 15) is 4.79 Å². The highest BCUT2D eigenvalue weighted by Gasteiger charge is 2.15. The van der Waals surface area contributed by atoms with Gasteiger partial charge in [0.05, 0.1) is 5.69 Å². The summed E-state index contributed by atoms with van der Waals surface area (Å²) >= 11 is 0. The normalized spacial score (nSPS) is 11.2. The smallest absolute Gasteiger partial charge is 0.241 e. The highest BCUT2D eigenvalue weighted by molar-refractivity contribution is 5.95. The van der Waals surface area contributed by atoms with Crippen molar-refractivity contribution in [2.24, 2.45) is 5.92 Å². The predicted octanol–water partition coefficient (Wildman–Crippen LogP) is 3.49. The molecule has 0 saturated carbocycles. The van der Waals surface area contributed by atoms with E-state index in [-0.39, 0.29) is 12.5 Å². The van der Waals surface area contributed by atoms with Crippen molar-refractivity contribution in [1.29, 1.82) is 0 Å². The van der Waals surface area contributed by atoms with Gasteiger partial charge in [-0.25, -0.2) is 9.67 Å². The first-order valence-corrected chi connectivity index (χ1v) is 8.61. The Morgan fingerprint density at radius 1 is 1.16 bits per heavy atom. The van der Waals surface area contributed by atoms with Crippen LogP contribution in [0.15, 0.2) is 36.5 Å². The Hall–Kier alpha value is -2.69. The lowest BCUT2D eigenvalue weighted by Gasteiger charge is -2.08. The lowest BCUT2D eigenvalue weighted by atomic mass is 10.0. The van der Waals surface area contributed by atoms with E-state index < -0.39 is 0 Å². The third-order valence-electron chi connectivity index (χ3n) is 4.17. The fourth-order valence-electron chi connectivity index (χ4n) is 2.88. The highest BCUT2D eigenvalue weighted by Crippen LogP contribution is 2.29. The van der Waals surface area contributed by atoms with E-state index in [1.165, 1.54) is 5.56 Å². The molecule has 0 fully saturated rings. The van der Waals surface area contributed by atoms with E-state index in [1.54, 1.807) is 10.9 Å². The Bertz CT molecular complexity index is 894. The van der Waals surface area contributed by atoms with Crippen LogP contribution in [0.1, 0.15) is 25.1 Å². The van der Waals surface area contributed by atoms with Crippen LogP contribution in [0.5, 0.6) is 0 Å². The van der Waals surface area contributed by atoms with Crippen LogP contribution in [0.3, 0.4) is 0 Å². The molecule has 2 aromatic heterocycles. The van der Waals surface area contributed by atoms with Gasteiger partial charge in [0.1, 0.15) is 6.54 Å². The van der Waals surface area contributed by atoms with Crippen LogP contribution in [-0.2, 0) is 11.3 Å². The van der Waals surface area contributed by atoms with Crippen molar-refractivity contribution in [1.82, 2.24) is 20.1 Å². The number of benzene rings is 1. The van der Waals surface area contributed by atoms with Crippen molar-refractivity contribution >= 4 is 16.9 Å². The molecule has 25 heavy (non-hydrogen) atoms. The fourth-order valence-corrected chi connectivity index (χ4v) is 2.88.